The van der Waals surface area contributed by atoms with Crippen LogP contribution in [0, 0.1) is 30.9 Å². The van der Waals surface area contributed by atoms with Crippen LogP contribution >= 0.6 is 0 Å². The van der Waals surface area contributed by atoms with E-state index < -0.39 is 10.9 Å². The number of rotatable bonds is 3. The SMILES string of the molecule is Cc1cccc(-n2nc(C)c(C(=O)O)c2C)c1[N+](=O)[O-]. The number of nitro groups is 1. The minimum absolute atomic E-state index is 0.0702. The molecule has 0 aliphatic heterocycles. The van der Waals surface area contributed by atoms with Crippen molar-refractivity contribution in [3.8, 4) is 5.69 Å². The molecule has 0 aliphatic rings. The van der Waals surface area contributed by atoms with E-state index in [9.17, 15) is 14.9 Å². The first-order valence-electron chi connectivity index (χ1n) is 5.88. The highest BCUT2D eigenvalue weighted by atomic mass is 16.6. The highest BCUT2D eigenvalue weighted by molar-refractivity contribution is 5.90. The molecule has 20 heavy (non-hydrogen) atoms. The fourth-order valence-electron chi connectivity index (χ4n) is 2.24. The number of aryl methyl sites for hydroxylation is 2. The Morgan fingerprint density at radius 2 is 2.00 bits per heavy atom. The topological polar surface area (TPSA) is 98.3 Å². The summed E-state index contributed by atoms with van der Waals surface area (Å²) in [5.41, 5.74) is 1.45. The lowest BCUT2D eigenvalue weighted by atomic mass is 10.1. The summed E-state index contributed by atoms with van der Waals surface area (Å²) in [6.45, 7) is 4.77. The summed E-state index contributed by atoms with van der Waals surface area (Å²) >= 11 is 0. The van der Waals surface area contributed by atoms with E-state index in [0.29, 0.717) is 17.0 Å². The van der Waals surface area contributed by atoms with Gasteiger partial charge < -0.3 is 5.11 Å². The first kappa shape index (κ1) is 13.7. The van der Waals surface area contributed by atoms with E-state index in [2.05, 4.69) is 5.10 Å². The van der Waals surface area contributed by atoms with E-state index in [1.807, 2.05) is 0 Å². The third-order valence-corrected chi connectivity index (χ3v) is 3.13. The molecular weight excluding hydrogens is 262 g/mol. The Morgan fingerprint density at radius 3 is 2.50 bits per heavy atom. The average molecular weight is 275 g/mol. The molecule has 1 heterocycles. The Bertz CT molecular complexity index is 719. The number of hydrogen-bond donors (Lipinski definition) is 1. The fourth-order valence-corrected chi connectivity index (χ4v) is 2.24. The second-order valence-electron chi connectivity index (χ2n) is 4.46. The van der Waals surface area contributed by atoms with Crippen molar-refractivity contribution in [3.63, 3.8) is 0 Å². The van der Waals surface area contributed by atoms with Gasteiger partial charge in [0.2, 0.25) is 0 Å². The van der Waals surface area contributed by atoms with Crippen LogP contribution in [0.4, 0.5) is 5.69 Å². The molecule has 0 spiro atoms. The summed E-state index contributed by atoms with van der Waals surface area (Å²) in [6.07, 6.45) is 0. The summed E-state index contributed by atoms with van der Waals surface area (Å²) in [5, 5.41) is 24.5. The van der Waals surface area contributed by atoms with Crippen molar-refractivity contribution in [1.82, 2.24) is 9.78 Å². The molecule has 0 saturated carbocycles. The van der Waals surface area contributed by atoms with Gasteiger partial charge >= 0.3 is 5.97 Å². The average Bonchev–Trinajstić information content (AvgIpc) is 2.63. The van der Waals surface area contributed by atoms with Gasteiger partial charge in [-0.05, 0) is 26.8 Å². The molecule has 7 heteroatoms. The van der Waals surface area contributed by atoms with Crippen molar-refractivity contribution >= 4 is 11.7 Å². The molecule has 0 bridgehead atoms. The summed E-state index contributed by atoms with van der Waals surface area (Å²) in [6, 6.07) is 4.86. The van der Waals surface area contributed by atoms with Crippen molar-refractivity contribution in [2.75, 3.05) is 0 Å². The van der Waals surface area contributed by atoms with Crippen LogP contribution in [0.2, 0.25) is 0 Å². The largest absolute Gasteiger partial charge is 0.478 e. The quantitative estimate of drug-likeness (QED) is 0.685. The van der Waals surface area contributed by atoms with Gasteiger partial charge in [-0.25, -0.2) is 9.48 Å². The van der Waals surface area contributed by atoms with Gasteiger partial charge in [0.1, 0.15) is 11.3 Å². The summed E-state index contributed by atoms with van der Waals surface area (Å²) in [5.74, 6) is -1.10. The Kier molecular flexibility index (Phi) is 3.27. The van der Waals surface area contributed by atoms with Crippen molar-refractivity contribution in [1.29, 1.82) is 0 Å². The molecule has 0 saturated heterocycles. The van der Waals surface area contributed by atoms with Crippen LogP contribution in [0.25, 0.3) is 5.69 Å². The van der Waals surface area contributed by atoms with E-state index in [1.54, 1.807) is 39.0 Å². The smallest absolute Gasteiger partial charge is 0.339 e. The van der Waals surface area contributed by atoms with Crippen LogP contribution in [0.5, 0.6) is 0 Å². The lowest BCUT2D eigenvalue weighted by molar-refractivity contribution is -0.385. The Balaban J connectivity index is 2.77. The Morgan fingerprint density at radius 1 is 1.35 bits per heavy atom. The molecule has 0 aliphatic carbocycles. The second kappa shape index (κ2) is 4.76. The number of hydrogen-bond acceptors (Lipinski definition) is 4. The molecule has 0 amide bonds. The second-order valence-corrected chi connectivity index (χ2v) is 4.46. The molecule has 1 aromatic carbocycles. The van der Waals surface area contributed by atoms with Crippen LogP contribution in [0.15, 0.2) is 18.2 Å². The summed E-state index contributed by atoms with van der Waals surface area (Å²) in [7, 11) is 0. The van der Waals surface area contributed by atoms with Gasteiger partial charge in [0, 0.05) is 5.56 Å². The van der Waals surface area contributed by atoms with Crippen molar-refractivity contribution in [2.24, 2.45) is 0 Å². The van der Waals surface area contributed by atoms with Gasteiger partial charge in [-0.15, -0.1) is 0 Å². The zero-order valence-corrected chi connectivity index (χ0v) is 11.2. The molecule has 7 nitrogen and oxygen atoms in total. The van der Waals surface area contributed by atoms with Gasteiger partial charge in [-0.1, -0.05) is 12.1 Å². The number of nitrogens with zero attached hydrogens (tertiary/aromatic N) is 3. The van der Waals surface area contributed by atoms with Gasteiger partial charge in [-0.2, -0.15) is 5.10 Å². The van der Waals surface area contributed by atoms with Crippen LogP contribution in [-0.2, 0) is 0 Å². The van der Waals surface area contributed by atoms with Crippen LogP contribution < -0.4 is 0 Å². The lowest BCUT2D eigenvalue weighted by Crippen LogP contribution is -2.06. The number of carbonyl (C=O) groups is 1. The molecular formula is C13H13N3O4. The van der Waals surface area contributed by atoms with E-state index in [1.165, 1.54) is 4.68 Å². The molecule has 0 radical (unpaired) electrons. The van der Waals surface area contributed by atoms with Gasteiger partial charge in [0.25, 0.3) is 5.69 Å². The molecule has 2 rings (SSSR count). The predicted octanol–water partition coefficient (Wildman–Crippen LogP) is 2.40. The number of carboxylic acid groups (broad SMARTS) is 1. The minimum Gasteiger partial charge on any atom is -0.478 e. The normalized spacial score (nSPS) is 10.6. The maximum absolute atomic E-state index is 11.2. The molecule has 1 N–H and O–H groups in total. The molecule has 104 valence electrons. The van der Waals surface area contributed by atoms with Crippen LogP contribution in [0.1, 0.15) is 27.3 Å². The zero-order chi connectivity index (χ0) is 15.0. The maximum atomic E-state index is 11.2. The van der Waals surface area contributed by atoms with Gasteiger partial charge in [-0.3, -0.25) is 10.1 Å². The molecule has 2 aromatic rings. The van der Waals surface area contributed by atoms with Gasteiger partial charge in [0.15, 0.2) is 0 Å². The van der Waals surface area contributed by atoms with Crippen molar-refractivity contribution in [3.05, 3.63) is 50.8 Å². The standard InChI is InChI=1S/C13H13N3O4/c1-7-5-4-6-10(12(7)16(19)20)15-9(3)11(13(17)18)8(2)14-15/h4-6H,1-3H3,(H,17,18). The zero-order valence-electron chi connectivity index (χ0n) is 11.2. The number of para-hydroxylation sites is 1. The first-order valence-corrected chi connectivity index (χ1v) is 5.88. The monoisotopic (exact) mass is 275 g/mol. The van der Waals surface area contributed by atoms with E-state index in [4.69, 9.17) is 5.11 Å². The predicted molar refractivity (Wildman–Crippen MR) is 71.4 cm³/mol. The van der Waals surface area contributed by atoms with E-state index in [-0.39, 0.29) is 16.9 Å². The van der Waals surface area contributed by atoms with Crippen molar-refractivity contribution in [2.45, 2.75) is 20.8 Å². The van der Waals surface area contributed by atoms with Crippen LogP contribution in [-0.4, -0.2) is 25.8 Å². The first-order chi connectivity index (χ1) is 9.34. The lowest BCUT2D eigenvalue weighted by Gasteiger charge is -2.07. The van der Waals surface area contributed by atoms with E-state index >= 15 is 0 Å². The Labute approximate surface area is 114 Å². The highest BCUT2D eigenvalue weighted by Crippen LogP contribution is 2.28. The van der Waals surface area contributed by atoms with E-state index in [0.717, 1.165) is 0 Å². The molecule has 1 aromatic heterocycles. The third-order valence-electron chi connectivity index (χ3n) is 3.13. The Hall–Kier alpha value is -2.70. The van der Waals surface area contributed by atoms with Crippen molar-refractivity contribution < 1.29 is 14.8 Å². The summed E-state index contributed by atoms with van der Waals surface area (Å²) < 4.78 is 1.31. The third kappa shape index (κ3) is 2.03. The number of benzene rings is 1. The minimum atomic E-state index is -1.10. The molecule has 0 atom stereocenters. The number of nitro benzene ring substituents is 1. The molecule has 0 unspecified atom stereocenters. The number of aromatic nitrogens is 2. The fraction of sp³-hybridized carbons (Fsp3) is 0.231. The number of aromatic carboxylic acids is 1. The maximum Gasteiger partial charge on any atom is 0.339 e. The van der Waals surface area contributed by atoms with Crippen LogP contribution in [0.3, 0.4) is 0 Å². The molecule has 0 fully saturated rings. The van der Waals surface area contributed by atoms with Gasteiger partial charge in [0.05, 0.1) is 16.3 Å². The number of carboxylic acids is 1. The highest BCUT2D eigenvalue weighted by Gasteiger charge is 2.24. The summed E-state index contributed by atoms with van der Waals surface area (Å²) in [4.78, 5) is 21.9.